The molecule has 152 valence electrons. The van der Waals surface area contributed by atoms with Gasteiger partial charge >= 0.3 is 0 Å². The average Bonchev–Trinajstić information content (AvgIpc) is 3.28. The maximum Gasteiger partial charge on any atom is 0.206 e. The van der Waals surface area contributed by atoms with Gasteiger partial charge in [-0.25, -0.2) is 0 Å². The summed E-state index contributed by atoms with van der Waals surface area (Å²) >= 11 is 0. The number of anilines is 1. The minimum absolute atomic E-state index is 0.259. The number of piperazine rings is 1. The fraction of sp³-hybridized carbons (Fsp3) is 0.476. The molecule has 0 amide bonds. The number of H-pyrrole nitrogens is 1. The van der Waals surface area contributed by atoms with Crippen molar-refractivity contribution in [3.05, 3.63) is 47.8 Å². The van der Waals surface area contributed by atoms with Gasteiger partial charge < -0.3 is 4.90 Å². The van der Waals surface area contributed by atoms with Crippen molar-refractivity contribution in [2.24, 2.45) is 5.92 Å². The molecule has 29 heavy (non-hydrogen) atoms. The van der Waals surface area contributed by atoms with Crippen LogP contribution < -0.4 is 4.90 Å². The van der Waals surface area contributed by atoms with E-state index in [1.54, 1.807) is 6.20 Å². The summed E-state index contributed by atoms with van der Waals surface area (Å²) in [7, 11) is 0. The summed E-state index contributed by atoms with van der Waals surface area (Å²) in [4.78, 5) is 4.90. The second-order valence-electron chi connectivity index (χ2n) is 8.03. The molecule has 0 radical (unpaired) electrons. The number of aromatic amines is 1. The van der Waals surface area contributed by atoms with E-state index < -0.39 is 0 Å². The van der Waals surface area contributed by atoms with Crippen LogP contribution in [0.4, 0.5) is 5.69 Å². The van der Waals surface area contributed by atoms with Crippen LogP contribution in [0.2, 0.25) is 0 Å². The van der Waals surface area contributed by atoms with E-state index in [1.807, 2.05) is 12.1 Å². The van der Waals surface area contributed by atoms with E-state index in [2.05, 4.69) is 79.6 Å². The summed E-state index contributed by atoms with van der Waals surface area (Å²) in [6.45, 7) is 10.5. The minimum Gasteiger partial charge on any atom is -0.368 e. The summed E-state index contributed by atoms with van der Waals surface area (Å²) in [5.74, 6) is 1.26. The first-order chi connectivity index (χ1) is 14.1. The second-order valence-corrected chi connectivity index (χ2v) is 8.03. The normalized spacial score (nSPS) is 16.3. The van der Waals surface area contributed by atoms with Gasteiger partial charge in [-0.1, -0.05) is 19.9 Å². The largest absolute Gasteiger partial charge is 0.368 e. The van der Waals surface area contributed by atoms with Crippen LogP contribution in [0.15, 0.2) is 36.5 Å². The topological polar surface area (TPSA) is 86.7 Å². The Balaban J connectivity index is 1.53. The van der Waals surface area contributed by atoms with Crippen LogP contribution in [0.5, 0.6) is 0 Å². The molecular weight excluding hydrogens is 364 g/mol. The van der Waals surface area contributed by atoms with Gasteiger partial charge in [-0.15, -0.1) is 10.2 Å². The van der Waals surface area contributed by atoms with Gasteiger partial charge in [-0.3, -0.25) is 4.90 Å². The van der Waals surface area contributed by atoms with Crippen LogP contribution in [0.3, 0.4) is 0 Å². The van der Waals surface area contributed by atoms with E-state index in [0.717, 1.165) is 43.9 Å². The molecule has 1 fully saturated rings. The highest BCUT2D eigenvalue weighted by atomic mass is 15.5. The summed E-state index contributed by atoms with van der Waals surface area (Å²) in [5, 5.41) is 23.1. The minimum atomic E-state index is 0.259. The van der Waals surface area contributed by atoms with Crippen LogP contribution in [0.25, 0.3) is 11.4 Å². The first-order valence-electron chi connectivity index (χ1n) is 10.2. The summed E-state index contributed by atoms with van der Waals surface area (Å²) in [6, 6.07) is 10.9. The Hall–Kier alpha value is -2.87. The third-order valence-electron chi connectivity index (χ3n) is 5.52. The van der Waals surface area contributed by atoms with Crippen LogP contribution >= 0.6 is 0 Å². The number of benzene rings is 1. The molecule has 0 saturated carbocycles. The van der Waals surface area contributed by atoms with Crippen molar-refractivity contribution < 1.29 is 0 Å². The van der Waals surface area contributed by atoms with Gasteiger partial charge in [0.05, 0.1) is 11.7 Å². The van der Waals surface area contributed by atoms with Crippen molar-refractivity contribution in [1.82, 2.24) is 35.7 Å². The zero-order valence-corrected chi connectivity index (χ0v) is 17.3. The van der Waals surface area contributed by atoms with Gasteiger partial charge in [0, 0.05) is 43.6 Å². The lowest BCUT2D eigenvalue weighted by atomic mass is 9.99. The molecule has 1 aliphatic heterocycles. The Kier molecular flexibility index (Phi) is 5.80. The molecule has 1 atom stereocenters. The smallest absolute Gasteiger partial charge is 0.206 e. The van der Waals surface area contributed by atoms with Gasteiger partial charge in [0.25, 0.3) is 0 Å². The van der Waals surface area contributed by atoms with Crippen molar-refractivity contribution in [3.8, 4) is 11.4 Å². The lowest BCUT2D eigenvalue weighted by Gasteiger charge is -2.39. The Labute approximate surface area is 171 Å². The molecule has 4 rings (SSSR count). The van der Waals surface area contributed by atoms with Crippen LogP contribution in [-0.4, -0.2) is 61.9 Å². The third kappa shape index (κ3) is 4.42. The SMILES string of the molecule is CC(C)Cc1ccc(-c2nn[nH]n2)c(N2CCN(C(C)c3cccnn3)CC2)c1. The number of nitrogens with zero attached hydrogens (tertiary/aromatic N) is 7. The van der Waals surface area contributed by atoms with E-state index in [4.69, 9.17) is 0 Å². The van der Waals surface area contributed by atoms with Gasteiger partial charge in [0.2, 0.25) is 5.82 Å². The van der Waals surface area contributed by atoms with Crippen molar-refractivity contribution >= 4 is 5.69 Å². The molecule has 2 aromatic heterocycles. The zero-order chi connectivity index (χ0) is 20.2. The lowest BCUT2D eigenvalue weighted by molar-refractivity contribution is 0.194. The first-order valence-corrected chi connectivity index (χ1v) is 10.2. The Morgan fingerprint density at radius 1 is 1.03 bits per heavy atom. The molecule has 8 heteroatoms. The van der Waals surface area contributed by atoms with Crippen molar-refractivity contribution in [2.45, 2.75) is 33.2 Å². The Morgan fingerprint density at radius 2 is 1.86 bits per heavy atom. The van der Waals surface area contributed by atoms with Gasteiger partial charge in [0.15, 0.2) is 0 Å². The molecule has 0 bridgehead atoms. The van der Waals surface area contributed by atoms with Crippen LogP contribution in [0.1, 0.15) is 38.1 Å². The maximum atomic E-state index is 4.29. The highest BCUT2D eigenvalue weighted by Gasteiger charge is 2.25. The monoisotopic (exact) mass is 392 g/mol. The summed E-state index contributed by atoms with van der Waals surface area (Å²) in [6.07, 6.45) is 2.78. The molecule has 3 heterocycles. The highest BCUT2D eigenvalue weighted by Crippen LogP contribution is 2.32. The number of aromatic nitrogens is 6. The molecule has 0 spiro atoms. The van der Waals surface area contributed by atoms with E-state index in [9.17, 15) is 0 Å². The molecule has 3 aromatic rings. The number of hydrogen-bond acceptors (Lipinski definition) is 7. The van der Waals surface area contributed by atoms with Crippen molar-refractivity contribution in [3.63, 3.8) is 0 Å². The van der Waals surface area contributed by atoms with Gasteiger partial charge in [-0.2, -0.15) is 15.4 Å². The molecular formula is C21H28N8. The predicted octanol–water partition coefficient (Wildman–Crippen LogP) is 2.74. The van der Waals surface area contributed by atoms with Crippen molar-refractivity contribution in [1.29, 1.82) is 0 Å². The van der Waals surface area contributed by atoms with Crippen LogP contribution in [-0.2, 0) is 6.42 Å². The predicted molar refractivity (Wildman–Crippen MR) is 112 cm³/mol. The molecule has 1 N–H and O–H groups in total. The highest BCUT2D eigenvalue weighted by molar-refractivity contribution is 5.75. The Morgan fingerprint density at radius 3 is 2.52 bits per heavy atom. The number of tetrazole rings is 1. The Bertz CT molecular complexity index is 902. The summed E-state index contributed by atoms with van der Waals surface area (Å²) < 4.78 is 0. The lowest BCUT2D eigenvalue weighted by Crippen LogP contribution is -2.47. The molecule has 1 aromatic carbocycles. The standard InChI is InChI=1S/C21H28N8/c1-15(2)13-17-6-7-18(21-24-26-27-25-21)20(14-17)29-11-9-28(10-12-29)16(3)19-5-4-8-22-23-19/h4-8,14-16H,9-13H2,1-3H3,(H,24,25,26,27). The van der Waals surface area contributed by atoms with Gasteiger partial charge in [0.1, 0.15) is 0 Å². The summed E-state index contributed by atoms with van der Waals surface area (Å²) in [5.41, 5.74) is 4.59. The van der Waals surface area contributed by atoms with E-state index in [-0.39, 0.29) is 6.04 Å². The first kappa shape index (κ1) is 19.4. The molecule has 0 aliphatic carbocycles. The fourth-order valence-electron chi connectivity index (χ4n) is 3.98. The van der Waals surface area contributed by atoms with Gasteiger partial charge in [-0.05, 0) is 54.3 Å². The van der Waals surface area contributed by atoms with E-state index >= 15 is 0 Å². The molecule has 1 saturated heterocycles. The molecule has 1 aliphatic rings. The average molecular weight is 393 g/mol. The van der Waals surface area contributed by atoms with E-state index in [1.165, 1.54) is 11.3 Å². The number of rotatable bonds is 6. The number of nitrogens with one attached hydrogen (secondary N) is 1. The van der Waals surface area contributed by atoms with Crippen molar-refractivity contribution in [2.75, 3.05) is 31.1 Å². The zero-order valence-electron chi connectivity index (χ0n) is 17.3. The van der Waals surface area contributed by atoms with E-state index in [0.29, 0.717) is 11.7 Å². The molecule has 8 nitrogen and oxygen atoms in total. The third-order valence-corrected chi connectivity index (χ3v) is 5.52. The molecule has 1 unspecified atom stereocenters. The fourth-order valence-corrected chi connectivity index (χ4v) is 3.98. The quantitative estimate of drug-likeness (QED) is 0.690. The maximum absolute atomic E-state index is 4.29. The van der Waals surface area contributed by atoms with Crippen LogP contribution in [0, 0.1) is 5.92 Å². The second kappa shape index (κ2) is 8.65. The number of hydrogen-bond donors (Lipinski definition) is 1.